The van der Waals surface area contributed by atoms with Crippen molar-refractivity contribution in [1.82, 2.24) is 0 Å². The predicted octanol–water partition coefficient (Wildman–Crippen LogP) is -8.64. The molecule has 0 saturated carbocycles. The molecular weight excluding hydrogens is 262 g/mol. The van der Waals surface area contributed by atoms with Crippen molar-refractivity contribution in [2.24, 2.45) is 0 Å². The monoisotopic (exact) mass is 262 g/mol. The summed E-state index contributed by atoms with van der Waals surface area (Å²) in [6, 6.07) is 0. The van der Waals surface area contributed by atoms with Gasteiger partial charge in [-0.2, -0.15) is 7.82 Å². The van der Waals surface area contributed by atoms with Crippen molar-refractivity contribution >= 4 is 18.4 Å². The summed E-state index contributed by atoms with van der Waals surface area (Å²) in [5.74, 6) is 0. The molecule has 0 saturated heterocycles. The van der Waals surface area contributed by atoms with Crippen LogP contribution < -0.4 is 71.3 Å². The van der Waals surface area contributed by atoms with E-state index < -0.39 is 18.4 Å². The van der Waals surface area contributed by atoms with Crippen LogP contribution in [0.5, 0.6) is 0 Å². The first-order valence-corrected chi connectivity index (χ1v) is 4.97. The van der Waals surface area contributed by atoms with Crippen LogP contribution >= 0.6 is 18.4 Å². The molecule has 0 aromatic heterocycles. The van der Waals surface area contributed by atoms with Crippen LogP contribution in [-0.4, -0.2) is 0 Å². The molecule has 0 bridgehead atoms. The first kappa shape index (κ1) is 30.1. The third-order valence-electron chi connectivity index (χ3n) is 0. The van der Waals surface area contributed by atoms with Crippen LogP contribution in [0.1, 0.15) is 0 Å². The van der Waals surface area contributed by atoms with E-state index in [1.807, 2.05) is 0 Å². The van der Waals surface area contributed by atoms with Gasteiger partial charge in [-0.05, 0) is 0 Å². The SMILES string of the molecule is FS(F)(F)(F)(F)F.O=P([O-])([O-])[O-].[Li+].[Li+].[Li+]. The maximum absolute atomic E-state index is 10.5. The topological polar surface area (TPSA) is 86.2 Å². The van der Waals surface area contributed by atoms with Crippen molar-refractivity contribution in [1.29, 1.82) is 0 Å². The van der Waals surface area contributed by atoms with Crippen LogP contribution in [0.25, 0.3) is 0 Å². The summed E-state index contributed by atoms with van der Waals surface area (Å²) in [4.78, 5) is 25.6. The molecular formula is F6Li3O4PS. The fourth-order valence-corrected chi connectivity index (χ4v) is 0. The van der Waals surface area contributed by atoms with E-state index in [1.54, 1.807) is 0 Å². The molecule has 0 aromatic carbocycles. The van der Waals surface area contributed by atoms with Gasteiger partial charge >= 0.3 is 67.2 Å². The minimum atomic E-state index is -10.5. The van der Waals surface area contributed by atoms with E-state index in [9.17, 15) is 23.3 Å². The van der Waals surface area contributed by atoms with E-state index in [1.165, 1.54) is 0 Å². The van der Waals surface area contributed by atoms with E-state index in [2.05, 4.69) is 0 Å². The third-order valence-corrected chi connectivity index (χ3v) is 0. The van der Waals surface area contributed by atoms with Gasteiger partial charge in [0.1, 0.15) is 0 Å². The summed E-state index contributed by atoms with van der Waals surface area (Å²) in [6.07, 6.45) is 0. The maximum Gasteiger partial charge on any atom is 1.00 e. The Balaban J connectivity index is -0.0000000383. The van der Waals surface area contributed by atoms with Crippen molar-refractivity contribution in [3.05, 3.63) is 0 Å². The molecule has 4 nitrogen and oxygen atoms in total. The normalized spacial score (nSPS) is 14.7. The van der Waals surface area contributed by atoms with Gasteiger partial charge in [0.25, 0.3) is 0 Å². The van der Waals surface area contributed by atoms with E-state index >= 15 is 0 Å². The van der Waals surface area contributed by atoms with Crippen LogP contribution in [0.3, 0.4) is 0 Å². The molecule has 0 aliphatic rings. The Kier molecular flexibility index (Phi) is 13.4. The van der Waals surface area contributed by atoms with Gasteiger partial charge in [0.2, 0.25) is 0 Å². The van der Waals surface area contributed by atoms with Crippen molar-refractivity contribution in [2.45, 2.75) is 0 Å². The van der Waals surface area contributed by atoms with Gasteiger partial charge in [-0.25, -0.2) is 0 Å². The van der Waals surface area contributed by atoms with Crippen molar-refractivity contribution < 1.29 is 99.1 Å². The zero-order valence-electron chi connectivity index (χ0n) is 7.76. The molecule has 0 N–H and O–H groups in total. The molecule has 15 heteroatoms. The second-order valence-electron chi connectivity index (χ2n) is 1.32. The van der Waals surface area contributed by atoms with Crippen molar-refractivity contribution in [3.63, 3.8) is 0 Å². The molecule has 0 heterocycles. The molecule has 0 fully saturated rings. The summed E-state index contributed by atoms with van der Waals surface area (Å²) >= 11 is 0. The van der Waals surface area contributed by atoms with Gasteiger partial charge in [-0.1, -0.05) is 23.3 Å². The number of hydrogen-bond acceptors (Lipinski definition) is 4. The van der Waals surface area contributed by atoms with Crippen LogP contribution in [0, 0.1) is 0 Å². The Hall–Kier alpha value is 1.83. The summed E-state index contributed by atoms with van der Waals surface area (Å²) in [5, 5.41) is 0. The smallest absolute Gasteiger partial charge is 0.822 e. The second kappa shape index (κ2) is 6.68. The molecule has 0 atom stereocenters. The summed E-state index contributed by atoms with van der Waals surface area (Å²) < 4.78 is 67.6. The van der Waals surface area contributed by atoms with Crippen molar-refractivity contribution in [2.75, 3.05) is 0 Å². The number of hydrogen-bond donors (Lipinski definition) is 0. The molecule has 0 radical (unpaired) electrons. The van der Waals surface area contributed by atoms with Gasteiger partial charge in [-0.3, -0.25) is 0 Å². The first-order valence-electron chi connectivity index (χ1n) is 1.66. The van der Waals surface area contributed by atoms with Crippen LogP contribution in [0.4, 0.5) is 23.3 Å². The van der Waals surface area contributed by atoms with Gasteiger partial charge < -0.3 is 19.2 Å². The molecule has 0 rings (SSSR count). The largest absolute Gasteiger partial charge is 1.00 e. The Morgan fingerprint density at radius 1 is 0.733 bits per heavy atom. The number of phosphoric acid groups is 1. The standard InChI is InChI=1S/F6S.3Li.H3O4P/c1-7(2,3,4,5)6;;;;1-5(2,3)4/h;;;;(H3,1,2,3,4)/q;3*+1;/p-3. The molecule has 80 valence electrons. The quantitative estimate of drug-likeness (QED) is 0.246. The van der Waals surface area contributed by atoms with Gasteiger partial charge in [-0.15, -0.1) is 0 Å². The Morgan fingerprint density at radius 3 is 0.733 bits per heavy atom. The Bertz CT molecular complexity index is 184. The first-order chi connectivity index (χ1) is 4.45. The maximum atomic E-state index is 9.85. The van der Waals surface area contributed by atoms with Crippen LogP contribution in [-0.2, 0) is 4.57 Å². The molecule has 0 spiro atoms. The van der Waals surface area contributed by atoms with Gasteiger partial charge in [0.15, 0.2) is 0 Å². The fourth-order valence-electron chi connectivity index (χ4n) is 0. The van der Waals surface area contributed by atoms with Crippen LogP contribution in [0.15, 0.2) is 0 Å². The zero-order chi connectivity index (χ0) is 10.9. The average molecular weight is 262 g/mol. The molecule has 0 aliphatic heterocycles. The minimum Gasteiger partial charge on any atom is -0.822 e. The summed E-state index contributed by atoms with van der Waals surface area (Å²) in [6.45, 7) is 0. The summed E-state index contributed by atoms with van der Waals surface area (Å²) in [5.41, 5.74) is 0. The Morgan fingerprint density at radius 2 is 0.733 bits per heavy atom. The molecule has 0 aromatic rings. The second-order valence-corrected chi connectivity index (χ2v) is 3.97. The van der Waals surface area contributed by atoms with Crippen molar-refractivity contribution in [3.8, 4) is 0 Å². The molecule has 0 amide bonds. The van der Waals surface area contributed by atoms with Gasteiger partial charge in [0, 0.05) is 0 Å². The van der Waals surface area contributed by atoms with E-state index in [0.717, 1.165) is 0 Å². The zero-order valence-corrected chi connectivity index (χ0v) is 9.47. The Labute approximate surface area is 117 Å². The minimum absolute atomic E-state index is 0. The molecule has 0 unspecified atom stereocenters. The van der Waals surface area contributed by atoms with E-state index in [4.69, 9.17) is 19.2 Å². The number of rotatable bonds is 0. The third kappa shape index (κ3) is 902. The summed E-state index contributed by atoms with van der Waals surface area (Å²) in [7, 11) is -15.9. The van der Waals surface area contributed by atoms with E-state index in [0.29, 0.717) is 0 Å². The average Bonchev–Trinajstić information content (AvgIpc) is 1.04. The number of halogens is 6. The van der Waals surface area contributed by atoms with Crippen LogP contribution in [0.2, 0.25) is 0 Å². The molecule has 0 aliphatic carbocycles. The molecule has 15 heavy (non-hydrogen) atoms. The predicted molar refractivity (Wildman–Crippen MR) is 21.8 cm³/mol. The fraction of sp³-hybridized carbons (Fsp3) is 0. The van der Waals surface area contributed by atoms with E-state index in [-0.39, 0.29) is 56.6 Å². The van der Waals surface area contributed by atoms with Gasteiger partial charge in [0.05, 0.1) is 0 Å².